The van der Waals surface area contributed by atoms with E-state index >= 15 is 0 Å². The maximum Gasteiger partial charge on any atom is 0.415 e. The minimum absolute atomic E-state index is 0.206. The third-order valence-electron chi connectivity index (χ3n) is 4.07. The average molecular weight is 621 g/mol. The number of carbonyl (C=O) groups excluding carboxylic acids is 6. The normalized spacial score (nSPS) is 12.7. The number of nitrogens with zero attached hydrogens (tertiary/aromatic N) is 3. The molecule has 0 aromatic heterocycles. The molecule has 240 valence electrons. The van der Waals surface area contributed by atoms with Gasteiger partial charge in [0.25, 0.3) is 6.43 Å². The first kappa shape index (κ1) is 40.3. The van der Waals surface area contributed by atoms with Crippen molar-refractivity contribution in [1.29, 1.82) is 0 Å². The fourth-order valence-corrected chi connectivity index (χ4v) is 2.41. The SMILES string of the molecule is CC(=O)OC(C)=O.O=C(NCCC[C@@H]1NC(=O)OC1=O)OCc1ccccc1.O=C([O-])C(F)F.[N-]=[N+]=NCCOCC[NH3+]. The number of benzene rings is 1. The van der Waals surface area contributed by atoms with Crippen LogP contribution < -0.4 is 21.5 Å². The minimum Gasteiger partial charge on any atom is -0.544 e. The zero-order valence-corrected chi connectivity index (χ0v) is 23.5. The van der Waals surface area contributed by atoms with Crippen molar-refractivity contribution in [3.8, 4) is 0 Å². The first-order valence-electron chi connectivity index (χ1n) is 12.4. The molecule has 1 atom stereocenters. The molecule has 0 saturated carbocycles. The number of ether oxygens (including phenoxy) is 4. The number of azide groups is 1. The van der Waals surface area contributed by atoms with E-state index in [0.29, 0.717) is 39.1 Å². The van der Waals surface area contributed by atoms with Crippen molar-refractivity contribution < 1.29 is 67.3 Å². The van der Waals surface area contributed by atoms with Gasteiger partial charge in [-0.1, -0.05) is 35.4 Å². The number of carboxylic acids is 1. The quantitative estimate of drug-likeness (QED) is 0.0531. The first-order chi connectivity index (χ1) is 20.3. The second-order valence-electron chi connectivity index (χ2n) is 7.66. The summed E-state index contributed by atoms with van der Waals surface area (Å²) in [7, 11) is 0. The molecule has 2 amide bonds. The molecule has 0 unspecified atom stereocenters. The van der Waals surface area contributed by atoms with Gasteiger partial charge >= 0.3 is 30.1 Å². The fourth-order valence-electron chi connectivity index (χ4n) is 2.41. The molecule has 1 aliphatic rings. The molecule has 0 radical (unpaired) electrons. The van der Waals surface area contributed by atoms with E-state index in [1.807, 2.05) is 30.3 Å². The van der Waals surface area contributed by atoms with Crippen LogP contribution in [0, 0.1) is 0 Å². The highest BCUT2D eigenvalue weighted by atomic mass is 19.3. The van der Waals surface area contributed by atoms with Crippen LogP contribution in [-0.2, 0) is 44.7 Å². The topological polar surface area (TPSA) is 263 Å². The Morgan fingerprint density at radius 2 is 1.77 bits per heavy atom. The summed E-state index contributed by atoms with van der Waals surface area (Å²) in [6.07, 6.45) is -3.65. The number of alkyl halides is 2. The van der Waals surface area contributed by atoms with E-state index < -0.39 is 48.5 Å². The van der Waals surface area contributed by atoms with Gasteiger partial charge in [0.1, 0.15) is 18.6 Å². The van der Waals surface area contributed by atoms with E-state index in [1.165, 1.54) is 13.8 Å². The predicted molar refractivity (Wildman–Crippen MR) is 138 cm³/mol. The second kappa shape index (κ2) is 26.1. The fraction of sp³-hybridized carbons (Fsp3) is 0.500. The number of aliphatic carboxylic acids is 1. The highest BCUT2D eigenvalue weighted by Gasteiger charge is 2.31. The highest BCUT2D eigenvalue weighted by molar-refractivity contribution is 5.95. The standard InChI is InChI=1S/C14H16N2O5.C4H10N4O.C4H6O3.C2H2F2O2/c17-12-11(16-14(19)21-12)7-4-8-15-13(18)20-9-10-5-2-1-3-6-10;5-1-3-9-4-2-7-8-6;1-3(5)7-4(2)6;3-1(4)2(5)6/h1-3,5-6,11H,4,7-9H2,(H,15,18)(H,16,19);1-5H2;1-2H3;1H,(H,5,6)/t11-;;;/m0.../s1. The molecule has 43 heavy (non-hydrogen) atoms. The second-order valence-corrected chi connectivity index (χ2v) is 7.66. The van der Waals surface area contributed by atoms with Crippen LogP contribution in [0.4, 0.5) is 18.4 Å². The maximum atomic E-state index is 11.4. The molecule has 0 aliphatic carbocycles. The van der Waals surface area contributed by atoms with Gasteiger partial charge in [0.05, 0.1) is 19.8 Å². The van der Waals surface area contributed by atoms with Crippen LogP contribution in [-0.4, -0.2) is 81.4 Å². The van der Waals surface area contributed by atoms with Gasteiger partial charge in [-0.2, -0.15) is 0 Å². The summed E-state index contributed by atoms with van der Waals surface area (Å²) >= 11 is 0. The average Bonchev–Trinajstić information content (AvgIpc) is 3.27. The van der Waals surface area contributed by atoms with Crippen LogP contribution in [0.3, 0.4) is 0 Å². The van der Waals surface area contributed by atoms with Crippen molar-refractivity contribution in [2.24, 2.45) is 5.11 Å². The van der Waals surface area contributed by atoms with E-state index in [1.54, 1.807) is 0 Å². The molecule has 1 saturated heterocycles. The lowest BCUT2D eigenvalue weighted by Gasteiger charge is -2.08. The lowest BCUT2D eigenvalue weighted by atomic mass is 10.2. The van der Waals surface area contributed by atoms with Gasteiger partial charge in [-0.15, -0.1) is 0 Å². The number of hydrogen-bond donors (Lipinski definition) is 3. The summed E-state index contributed by atoms with van der Waals surface area (Å²) < 4.78 is 39.3. The number of cyclic esters (lactones) is 2. The largest absolute Gasteiger partial charge is 0.544 e. The van der Waals surface area contributed by atoms with Crippen LogP contribution >= 0.6 is 0 Å². The molecule has 0 spiro atoms. The van der Waals surface area contributed by atoms with Crippen LogP contribution in [0.1, 0.15) is 32.3 Å². The van der Waals surface area contributed by atoms with Gasteiger partial charge < -0.3 is 45.2 Å². The molecular formula is C24H34F2N6O11. The van der Waals surface area contributed by atoms with Crippen molar-refractivity contribution in [3.63, 3.8) is 0 Å². The third kappa shape index (κ3) is 27.1. The van der Waals surface area contributed by atoms with Gasteiger partial charge in [-0.3, -0.25) is 9.59 Å². The molecule has 0 bridgehead atoms. The van der Waals surface area contributed by atoms with E-state index in [9.17, 15) is 32.8 Å². The number of alkyl carbamates (subject to hydrolysis) is 2. The highest BCUT2D eigenvalue weighted by Crippen LogP contribution is 2.06. The number of amides is 2. The van der Waals surface area contributed by atoms with Crippen molar-refractivity contribution in [3.05, 3.63) is 46.3 Å². The van der Waals surface area contributed by atoms with Gasteiger partial charge in [-0.05, 0) is 23.9 Å². The van der Waals surface area contributed by atoms with Gasteiger partial charge in [0, 0.05) is 31.8 Å². The summed E-state index contributed by atoms with van der Waals surface area (Å²) in [4.78, 5) is 64.4. The van der Waals surface area contributed by atoms with Gasteiger partial charge in [-0.25, -0.2) is 23.2 Å². The summed E-state index contributed by atoms with van der Waals surface area (Å²) in [5.41, 5.74) is 12.3. The Bertz CT molecular complexity index is 1050. The molecule has 5 N–H and O–H groups in total. The van der Waals surface area contributed by atoms with Gasteiger partial charge in [0.15, 0.2) is 0 Å². The Labute approximate surface area is 244 Å². The molecule has 1 heterocycles. The van der Waals surface area contributed by atoms with E-state index in [0.717, 1.165) is 12.1 Å². The zero-order chi connectivity index (χ0) is 33.0. The monoisotopic (exact) mass is 620 g/mol. The minimum atomic E-state index is -3.34. The Hall–Kier alpha value is -4.87. The molecule has 17 nitrogen and oxygen atoms in total. The molecule has 1 fully saturated rings. The van der Waals surface area contributed by atoms with Crippen LogP contribution in [0.15, 0.2) is 35.4 Å². The Morgan fingerprint density at radius 3 is 2.21 bits per heavy atom. The Morgan fingerprint density at radius 1 is 1.16 bits per heavy atom. The molecule has 1 aromatic carbocycles. The number of quaternary nitrogens is 1. The summed E-state index contributed by atoms with van der Waals surface area (Å²) in [6.45, 7) is 5.24. The van der Waals surface area contributed by atoms with E-state index in [-0.39, 0.29) is 6.61 Å². The molecule has 2 rings (SSSR count). The summed E-state index contributed by atoms with van der Waals surface area (Å²) in [5, 5.41) is 17.1. The molecular weight excluding hydrogens is 586 g/mol. The smallest absolute Gasteiger partial charge is 0.415 e. The first-order valence-corrected chi connectivity index (χ1v) is 12.4. The van der Waals surface area contributed by atoms with E-state index in [4.69, 9.17) is 24.9 Å². The maximum absolute atomic E-state index is 11.4. The summed E-state index contributed by atoms with van der Waals surface area (Å²) in [5.74, 6) is -4.03. The van der Waals surface area contributed by atoms with Crippen LogP contribution in [0.5, 0.6) is 0 Å². The van der Waals surface area contributed by atoms with Crippen LogP contribution in [0.2, 0.25) is 0 Å². The number of carboxylic acid groups (broad SMARTS) is 1. The number of nitrogens with one attached hydrogen (secondary N) is 2. The third-order valence-corrected chi connectivity index (χ3v) is 4.07. The van der Waals surface area contributed by atoms with E-state index in [2.05, 4.69) is 35.9 Å². The van der Waals surface area contributed by atoms with Crippen LogP contribution in [0.25, 0.3) is 10.4 Å². The molecule has 19 heteroatoms. The van der Waals surface area contributed by atoms with Crippen molar-refractivity contribution >= 4 is 36.1 Å². The number of rotatable bonds is 12. The molecule has 1 aliphatic heterocycles. The van der Waals surface area contributed by atoms with Crippen molar-refractivity contribution in [2.45, 2.75) is 45.8 Å². The number of halogens is 2. The summed E-state index contributed by atoms with van der Waals surface area (Å²) in [6, 6.07) is 8.72. The number of hydrogen-bond acceptors (Lipinski definition) is 12. The Kier molecular flexibility index (Phi) is 24.4. The number of carbonyl (C=O) groups is 6. The van der Waals surface area contributed by atoms with Gasteiger partial charge in [0.2, 0.25) is 0 Å². The zero-order valence-electron chi connectivity index (χ0n) is 23.5. The lowest BCUT2D eigenvalue weighted by Crippen LogP contribution is -2.52. The molecule has 1 aromatic rings. The number of esters is 3. The lowest BCUT2D eigenvalue weighted by molar-refractivity contribution is -0.374. The van der Waals surface area contributed by atoms with Crippen molar-refractivity contribution in [2.75, 3.05) is 32.8 Å². The Balaban J connectivity index is 0. The van der Waals surface area contributed by atoms with Crippen molar-refractivity contribution in [1.82, 2.24) is 10.6 Å². The predicted octanol–water partition coefficient (Wildman–Crippen LogP) is -0.0194.